The zero-order chi connectivity index (χ0) is 11.3. The Kier molecular flexibility index (Phi) is 5.25. The summed E-state index contributed by atoms with van der Waals surface area (Å²) in [6.45, 7) is 2.89. The SMILES string of the molecule is CC(CCS(C)=O)NC(=O)[C@H]1CCCN1. The van der Waals surface area contributed by atoms with Crippen molar-refractivity contribution in [2.24, 2.45) is 0 Å². The van der Waals surface area contributed by atoms with E-state index in [0.29, 0.717) is 5.75 Å². The van der Waals surface area contributed by atoms with Crippen LogP contribution in [0, 0.1) is 0 Å². The molecule has 0 spiro atoms. The van der Waals surface area contributed by atoms with Crippen molar-refractivity contribution in [1.82, 2.24) is 10.6 Å². The predicted molar refractivity (Wildman–Crippen MR) is 62.2 cm³/mol. The molecule has 1 fully saturated rings. The highest BCUT2D eigenvalue weighted by Gasteiger charge is 2.22. The van der Waals surface area contributed by atoms with Crippen LogP contribution in [-0.4, -0.2) is 40.8 Å². The number of hydrogen-bond acceptors (Lipinski definition) is 3. The highest BCUT2D eigenvalue weighted by atomic mass is 32.2. The fraction of sp³-hybridized carbons (Fsp3) is 0.900. The first-order valence-electron chi connectivity index (χ1n) is 5.43. The van der Waals surface area contributed by atoms with E-state index >= 15 is 0 Å². The summed E-state index contributed by atoms with van der Waals surface area (Å²) in [5.41, 5.74) is 0. The van der Waals surface area contributed by atoms with E-state index in [-0.39, 0.29) is 18.0 Å². The fourth-order valence-corrected chi connectivity index (χ4v) is 2.35. The smallest absolute Gasteiger partial charge is 0.237 e. The second-order valence-corrected chi connectivity index (χ2v) is 5.68. The topological polar surface area (TPSA) is 58.2 Å². The van der Waals surface area contributed by atoms with E-state index in [1.165, 1.54) is 0 Å². The van der Waals surface area contributed by atoms with Crippen molar-refractivity contribution in [3.8, 4) is 0 Å². The van der Waals surface area contributed by atoms with E-state index in [9.17, 15) is 9.00 Å². The third kappa shape index (κ3) is 4.75. The van der Waals surface area contributed by atoms with Gasteiger partial charge in [0.25, 0.3) is 0 Å². The van der Waals surface area contributed by atoms with Crippen LogP contribution < -0.4 is 10.6 Å². The Hall–Kier alpha value is -0.420. The average Bonchev–Trinajstić information content (AvgIpc) is 2.67. The van der Waals surface area contributed by atoms with E-state index in [2.05, 4.69) is 10.6 Å². The third-order valence-corrected chi connectivity index (χ3v) is 3.41. The zero-order valence-corrected chi connectivity index (χ0v) is 10.2. The molecule has 2 unspecified atom stereocenters. The minimum absolute atomic E-state index is 0.0143. The molecular weight excluding hydrogens is 212 g/mol. The van der Waals surface area contributed by atoms with Gasteiger partial charge >= 0.3 is 0 Å². The number of rotatable bonds is 5. The summed E-state index contributed by atoms with van der Waals surface area (Å²) in [5, 5.41) is 6.10. The molecule has 2 N–H and O–H groups in total. The van der Waals surface area contributed by atoms with Crippen molar-refractivity contribution in [3.63, 3.8) is 0 Å². The van der Waals surface area contributed by atoms with Gasteiger partial charge in [-0.25, -0.2) is 0 Å². The Labute approximate surface area is 93.7 Å². The van der Waals surface area contributed by atoms with E-state index in [1.807, 2.05) is 6.92 Å². The standard InChI is InChI=1S/C10H20N2O2S/c1-8(5-7-15(2)14)12-10(13)9-4-3-6-11-9/h8-9,11H,3-7H2,1-2H3,(H,12,13)/t8?,9-,15?/m1/s1. The van der Waals surface area contributed by atoms with E-state index in [1.54, 1.807) is 6.26 Å². The third-order valence-electron chi connectivity index (χ3n) is 2.60. The molecule has 1 heterocycles. The molecule has 0 saturated carbocycles. The van der Waals surface area contributed by atoms with Gasteiger partial charge in [-0.1, -0.05) is 0 Å². The summed E-state index contributed by atoms with van der Waals surface area (Å²) < 4.78 is 10.9. The first-order valence-corrected chi connectivity index (χ1v) is 7.16. The maximum absolute atomic E-state index is 11.7. The van der Waals surface area contributed by atoms with Crippen molar-refractivity contribution in [2.75, 3.05) is 18.6 Å². The first kappa shape index (κ1) is 12.6. The lowest BCUT2D eigenvalue weighted by molar-refractivity contribution is -0.123. The number of hydrogen-bond donors (Lipinski definition) is 2. The lowest BCUT2D eigenvalue weighted by atomic mass is 10.2. The number of carbonyl (C=O) groups excluding carboxylic acids is 1. The maximum Gasteiger partial charge on any atom is 0.237 e. The van der Waals surface area contributed by atoms with Crippen molar-refractivity contribution in [3.05, 3.63) is 0 Å². The van der Waals surface area contributed by atoms with Crippen LogP contribution in [-0.2, 0) is 15.6 Å². The highest BCUT2D eigenvalue weighted by Crippen LogP contribution is 2.05. The minimum Gasteiger partial charge on any atom is -0.352 e. The van der Waals surface area contributed by atoms with Crippen LogP contribution >= 0.6 is 0 Å². The van der Waals surface area contributed by atoms with Crippen LogP contribution in [0.4, 0.5) is 0 Å². The molecule has 88 valence electrons. The molecule has 0 radical (unpaired) electrons. The van der Waals surface area contributed by atoms with Crippen LogP contribution in [0.25, 0.3) is 0 Å². The lowest BCUT2D eigenvalue weighted by Crippen LogP contribution is -2.44. The maximum atomic E-state index is 11.7. The van der Waals surface area contributed by atoms with Crippen LogP contribution in [0.2, 0.25) is 0 Å². The van der Waals surface area contributed by atoms with Gasteiger partial charge < -0.3 is 10.6 Å². The van der Waals surface area contributed by atoms with Crippen LogP contribution in [0.5, 0.6) is 0 Å². The van der Waals surface area contributed by atoms with Crippen LogP contribution in [0.3, 0.4) is 0 Å². The van der Waals surface area contributed by atoms with Gasteiger partial charge in [0, 0.05) is 28.9 Å². The van der Waals surface area contributed by atoms with Gasteiger partial charge in [0.1, 0.15) is 0 Å². The fourth-order valence-electron chi connectivity index (χ4n) is 1.67. The molecule has 4 nitrogen and oxygen atoms in total. The highest BCUT2D eigenvalue weighted by molar-refractivity contribution is 7.84. The Bertz CT molecular complexity index is 240. The van der Waals surface area contributed by atoms with E-state index in [0.717, 1.165) is 25.8 Å². The molecule has 5 heteroatoms. The van der Waals surface area contributed by atoms with Gasteiger partial charge in [-0.15, -0.1) is 0 Å². The predicted octanol–water partition coefficient (Wildman–Crippen LogP) is 0.0117. The molecule has 0 aliphatic carbocycles. The van der Waals surface area contributed by atoms with Crippen molar-refractivity contribution < 1.29 is 9.00 Å². The lowest BCUT2D eigenvalue weighted by Gasteiger charge is -2.16. The summed E-state index contributed by atoms with van der Waals surface area (Å²) in [7, 11) is -0.770. The second-order valence-electron chi connectivity index (χ2n) is 4.12. The normalized spacial score (nSPS) is 24.8. The second kappa shape index (κ2) is 6.23. The van der Waals surface area contributed by atoms with Crippen molar-refractivity contribution in [1.29, 1.82) is 0 Å². The molecule has 1 rings (SSSR count). The Balaban J connectivity index is 2.21. The number of nitrogens with one attached hydrogen (secondary N) is 2. The molecule has 1 amide bonds. The molecule has 1 saturated heterocycles. The summed E-state index contributed by atoms with van der Waals surface area (Å²) in [6.07, 6.45) is 4.47. The van der Waals surface area contributed by atoms with Crippen molar-refractivity contribution in [2.45, 2.75) is 38.3 Å². The van der Waals surface area contributed by atoms with Gasteiger partial charge in [0.05, 0.1) is 6.04 Å². The Morgan fingerprint density at radius 3 is 2.93 bits per heavy atom. The minimum atomic E-state index is -0.770. The van der Waals surface area contributed by atoms with Gasteiger partial charge in [-0.05, 0) is 32.7 Å². The number of amides is 1. The van der Waals surface area contributed by atoms with Gasteiger partial charge in [-0.3, -0.25) is 9.00 Å². The van der Waals surface area contributed by atoms with Gasteiger partial charge in [-0.2, -0.15) is 0 Å². The summed E-state index contributed by atoms with van der Waals surface area (Å²) in [6, 6.07) is 0.100. The Morgan fingerprint density at radius 1 is 1.67 bits per heavy atom. The zero-order valence-electron chi connectivity index (χ0n) is 9.41. The first-order chi connectivity index (χ1) is 7.09. The monoisotopic (exact) mass is 232 g/mol. The number of carbonyl (C=O) groups is 1. The van der Waals surface area contributed by atoms with Crippen LogP contribution in [0.1, 0.15) is 26.2 Å². The molecule has 0 bridgehead atoms. The molecule has 0 aromatic rings. The van der Waals surface area contributed by atoms with E-state index < -0.39 is 10.8 Å². The van der Waals surface area contributed by atoms with Gasteiger partial charge in [0.2, 0.25) is 5.91 Å². The summed E-state index contributed by atoms with van der Waals surface area (Å²) >= 11 is 0. The molecule has 1 aliphatic rings. The van der Waals surface area contributed by atoms with Crippen molar-refractivity contribution >= 4 is 16.7 Å². The molecule has 1 aliphatic heterocycles. The largest absolute Gasteiger partial charge is 0.352 e. The summed E-state index contributed by atoms with van der Waals surface area (Å²) in [5.74, 6) is 0.737. The molecule has 0 aromatic heterocycles. The quantitative estimate of drug-likeness (QED) is 0.702. The molecular formula is C10H20N2O2S. The molecule has 0 aromatic carbocycles. The Morgan fingerprint density at radius 2 is 2.40 bits per heavy atom. The summed E-state index contributed by atoms with van der Waals surface area (Å²) in [4.78, 5) is 11.7. The molecule has 3 atom stereocenters. The van der Waals surface area contributed by atoms with Crippen LogP contribution in [0.15, 0.2) is 0 Å². The van der Waals surface area contributed by atoms with Gasteiger partial charge in [0.15, 0.2) is 0 Å². The van der Waals surface area contributed by atoms with E-state index in [4.69, 9.17) is 0 Å². The molecule has 15 heavy (non-hydrogen) atoms. The average molecular weight is 232 g/mol.